The second-order valence-corrected chi connectivity index (χ2v) is 8.12. The van der Waals surface area contributed by atoms with E-state index in [9.17, 15) is 4.79 Å². The van der Waals surface area contributed by atoms with Gasteiger partial charge in [-0.3, -0.25) is 9.78 Å². The molecule has 1 aromatic heterocycles. The SMILES string of the molecule is CC[C@H](C)CNC(=O)c1ccnc(-c2ccc(CNCCCc3ccccc3)cc2)c1. The van der Waals surface area contributed by atoms with Crippen molar-refractivity contribution in [1.82, 2.24) is 15.6 Å². The van der Waals surface area contributed by atoms with Crippen LogP contribution in [0.25, 0.3) is 11.3 Å². The Morgan fingerprint density at radius 3 is 2.52 bits per heavy atom. The number of rotatable bonds is 11. The zero-order valence-electron chi connectivity index (χ0n) is 18.6. The Bertz CT molecular complexity index is 938. The molecule has 0 unspecified atom stereocenters. The second kappa shape index (κ2) is 12.0. The summed E-state index contributed by atoms with van der Waals surface area (Å²) in [4.78, 5) is 16.9. The van der Waals surface area contributed by atoms with Crippen LogP contribution in [0.5, 0.6) is 0 Å². The summed E-state index contributed by atoms with van der Waals surface area (Å²) >= 11 is 0. The van der Waals surface area contributed by atoms with Gasteiger partial charge in [-0.15, -0.1) is 0 Å². The molecule has 2 aromatic carbocycles. The van der Waals surface area contributed by atoms with E-state index < -0.39 is 0 Å². The van der Waals surface area contributed by atoms with Crippen LogP contribution in [0.4, 0.5) is 0 Å². The molecule has 0 saturated heterocycles. The molecule has 4 nitrogen and oxygen atoms in total. The summed E-state index contributed by atoms with van der Waals surface area (Å²) in [5, 5.41) is 6.52. The van der Waals surface area contributed by atoms with Gasteiger partial charge < -0.3 is 10.6 Å². The van der Waals surface area contributed by atoms with Gasteiger partial charge in [-0.05, 0) is 48.6 Å². The number of nitrogens with zero attached hydrogens (tertiary/aromatic N) is 1. The van der Waals surface area contributed by atoms with Crippen LogP contribution in [0, 0.1) is 5.92 Å². The van der Waals surface area contributed by atoms with Crippen LogP contribution in [0.1, 0.15) is 48.2 Å². The van der Waals surface area contributed by atoms with Crippen LogP contribution in [-0.2, 0) is 13.0 Å². The highest BCUT2D eigenvalue weighted by Crippen LogP contribution is 2.19. The lowest BCUT2D eigenvalue weighted by Crippen LogP contribution is -2.28. The molecule has 0 aliphatic rings. The standard InChI is InChI=1S/C27H33N3O/c1-3-21(2)19-30-27(31)25-15-17-29-26(18-25)24-13-11-23(12-14-24)20-28-16-7-10-22-8-5-4-6-9-22/h4-6,8-9,11-15,17-18,21,28H,3,7,10,16,19-20H2,1-2H3,(H,30,31)/t21-/m0/s1. The third-order valence-electron chi connectivity index (χ3n) is 5.57. The summed E-state index contributed by atoms with van der Waals surface area (Å²) in [7, 11) is 0. The van der Waals surface area contributed by atoms with E-state index in [1.54, 1.807) is 12.3 Å². The molecular weight excluding hydrogens is 382 g/mol. The summed E-state index contributed by atoms with van der Waals surface area (Å²) in [5.41, 5.74) is 5.11. The van der Waals surface area contributed by atoms with Crippen LogP contribution in [0.3, 0.4) is 0 Å². The topological polar surface area (TPSA) is 54.0 Å². The largest absolute Gasteiger partial charge is 0.352 e. The molecule has 3 rings (SSSR count). The molecule has 0 spiro atoms. The number of aryl methyl sites for hydroxylation is 1. The fraction of sp³-hybridized carbons (Fsp3) is 0.333. The molecule has 2 N–H and O–H groups in total. The molecule has 0 fully saturated rings. The summed E-state index contributed by atoms with van der Waals surface area (Å²) in [6.45, 7) is 6.80. The van der Waals surface area contributed by atoms with Crippen LogP contribution in [0.15, 0.2) is 72.9 Å². The average molecular weight is 416 g/mol. The Kier molecular flexibility index (Phi) is 8.80. The number of hydrogen-bond acceptors (Lipinski definition) is 3. The lowest BCUT2D eigenvalue weighted by atomic mass is 10.1. The number of hydrogen-bond donors (Lipinski definition) is 2. The highest BCUT2D eigenvalue weighted by molar-refractivity contribution is 5.95. The zero-order valence-corrected chi connectivity index (χ0v) is 18.6. The van der Waals surface area contributed by atoms with Crippen molar-refractivity contribution >= 4 is 5.91 Å². The van der Waals surface area contributed by atoms with E-state index in [2.05, 4.69) is 84.1 Å². The van der Waals surface area contributed by atoms with E-state index in [4.69, 9.17) is 0 Å². The van der Waals surface area contributed by atoms with Gasteiger partial charge in [-0.1, -0.05) is 74.9 Å². The minimum Gasteiger partial charge on any atom is -0.352 e. The van der Waals surface area contributed by atoms with Crippen LogP contribution in [0.2, 0.25) is 0 Å². The number of amides is 1. The normalized spacial score (nSPS) is 11.8. The summed E-state index contributed by atoms with van der Waals surface area (Å²) in [6, 6.07) is 22.6. The number of carbonyl (C=O) groups excluding carboxylic acids is 1. The Balaban J connectivity index is 1.48. The van der Waals surface area contributed by atoms with Crippen LogP contribution < -0.4 is 10.6 Å². The number of carbonyl (C=O) groups is 1. The van der Waals surface area contributed by atoms with Gasteiger partial charge in [0, 0.05) is 30.4 Å². The minimum absolute atomic E-state index is 0.0414. The fourth-order valence-corrected chi connectivity index (χ4v) is 3.33. The molecule has 0 saturated carbocycles. The molecule has 1 atom stereocenters. The lowest BCUT2D eigenvalue weighted by molar-refractivity contribution is 0.0947. The summed E-state index contributed by atoms with van der Waals surface area (Å²) in [6.07, 6.45) is 4.98. The van der Waals surface area contributed by atoms with Crippen molar-refractivity contribution in [1.29, 1.82) is 0 Å². The number of pyridine rings is 1. The van der Waals surface area contributed by atoms with Crippen molar-refractivity contribution in [3.63, 3.8) is 0 Å². The van der Waals surface area contributed by atoms with Crippen molar-refractivity contribution in [2.45, 2.75) is 39.7 Å². The maximum Gasteiger partial charge on any atom is 0.251 e. The van der Waals surface area contributed by atoms with Crippen molar-refractivity contribution in [3.8, 4) is 11.3 Å². The molecular formula is C27H33N3O. The molecule has 3 aromatic rings. The number of aromatic nitrogens is 1. The second-order valence-electron chi connectivity index (χ2n) is 8.12. The van der Waals surface area contributed by atoms with Gasteiger partial charge in [-0.2, -0.15) is 0 Å². The Hall–Kier alpha value is -2.98. The average Bonchev–Trinajstić information content (AvgIpc) is 2.83. The highest BCUT2D eigenvalue weighted by Gasteiger charge is 2.09. The number of nitrogens with one attached hydrogen (secondary N) is 2. The van der Waals surface area contributed by atoms with Crippen LogP contribution >= 0.6 is 0 Å². The first-order chi connectivity index (χ1) is 15.2. The first kappa shape index (κ1) is 22.7. The van der Waals surface area contributed by atoms with Gasteiger partial charge in [0.05, 0.1) is 5.69 Å². The van der Waals surface area contributed by atoms with Gasteiger partial charge in [0.1, 0.15) is 0 Å². The van der Waals surface area contributed by atoms with Crippen molar-refractivity contribution in [2.75, 3.05) is 13.1 Å². The fourth-order valence-electron chi connectivity index (χ4n) is 3.33. The highest BCUT2D eigenvalue weighted by atomic mass is 16.1. The first-order valence-electron chi connectivity index (χ1n) is 11.2. The van der Waals surface area contributed by atoms with Gasteiger partial charge in [-0.25, -0.2) is 0 Å². The van der Waals surface area contributed by atoms with E-state index in [1.165, 1.54) is 11.1 Å². The maximum atomic E-state index is 12.4. The summed E-state index contributed by atoms with van der Waals surface area (Å²) in [5.74, 6) is 0.435. The molecule has 0 radical (unpaired) electrons. The third kappa shape index (κ3) is 7.34. The molecule has 0 bridgehead atoms. The zero-order chi connectivity index (χ0) is 21.9. The van der Waals surface area contributed by atoms with Crippen molar-refractivity contribution in [2.24, 2.45) is 5.92 Å². The Morgan fingerprint density at radius 1 is 1.00 bits per heavy atom. The summed E-state index contributed by atoms with van der Waals surface area (Å²) < 4.78 is 0. The van der Waals surface area contributed by atoms with Gasteiger partial charge in [0.2, 0.25) is 0 Å². The Labute approximate surface area is 186 Å². The van der Waals surface area contributed by atoms with Gasteiger partial charge in [0.15, 0.2) is 0 Å². The molecule has 162 valence electrons. The van der Waals surface area contributed by atoms with Gasteiger partial charge in [0.25, 0.3) is 5.91 Å². The number of benzene rings is 2. The smallest absolute Gasteiger partial charge is 0.251 e. The molecule has 0 aliphatic heterocycles. The van der Waals surface area contributed by atoms with Crippen molar-refractivity contribution in [3.05, 3.63) is 89.6 Å². The van der Waals surface area contributed by atoms with Crippen LogP contribution in [-0.4, -0.2) is 24.0 Å². The molecule has 4 heteroatoms. The minimum atomic E-state index is -0.0414. The van der Waals surface area contributed by atoms with E-state index in [-0.39, 0.29) is 5.91 Å². The van der Waals surface area contributed by atoms with Gasteiger partial charge >= 0.3 is 0 Å². The van der Waals surface area contributed by atoms with E-state index in [0.29, 0.717) is 18.0 Å². The molecule has 31 heavy (non-hydrogen) atoms. The third-order valence-corrected chi connectivity index (χ3v) is 5.57. The lowest BCUT2D eigenvalue weighted by Gasteiger charge is -2.11. The predicted octanol–water partition coefficient (Wildman–Crippen LogP) is 5.25. The van der Waals surface area contributed by atoms with E-state index >= 15 is 0 Å². The Morgan fingerprint density at radius 2 is 1.77 bits per heavy atom. The van der Waals surface area contributed by atoms with E-state index in [0.717, 1.165) is 43.6 Å². The monoisotopic (exact) mass is 415 g/mol. The quantitative estimate of drug-likeness (QED) is 0.421. The molecule has 1 amide bonds. The molecule has 1 heterocycles. The maximum absolute atomic E-state index is 12.4. The molecule has 0 aliphatic carbocycles. The first-order valence-corrected chi connectivity index (χ1v) is 11.2. The van der Waals surface area contributed by atoms with Crippen molar-refractivity contribution < 1.29 is 4.79 Å². The predicted molar refractivity (Wildman–Crippen MR) is 128 cm³/mol. The van der Waals surface area contributed by atoms with E-state index in [1.807, 2.05) is 6.07 Å².